The Kier molecular flexibility index (Phi) is 5.14. The van der Waals surface area contributed by atoms with Crippen LogP contribution < -0.4 is 10.4 Å². The van der Waals surface area contributed by atoms with E-state index in [9.17, 15) is 18.5 Å². The number of benzene rings is 2. The average molecular weight is 337 g/mol. The van der Waals surface area contributed by atoms with Gasteiger partial charge in [-0.2, -0.15) is 8.42 Å². The molecule has 23 heavy (non-hydrogen) atoms. The first-order chi connectivity index (χ1) is 10.8. The molecule has 0 aliphatic carbocycles. The summed E-state index contributed by atoms with van der Waals surface area (Å²) in [6.45, 7) is -0.000164. The summed E-state index contributed by atoms with van der Waals surface area (Å²) >= 11 is 0. The summed E-state index contributed by atoms with van der Waals surface area (Å²) in [6, 6.07) is 14.6. The molecule has 0 saturated carbocycles. The minimum atomic E-state index is -4.11. The van der Waals surface area contributed by atoms with Crippen LogP contribution in [0.1, 0.15) is 0 Å². The molecule has 0 bridgehead atoms. The van der Waals surface area contributed by atoms with E-state index in [1.165, 1.54) is 29.3 Å². The van der Waals surface area contributed by atoms with Crippen molar-refractivity contribution in [2.24, 2.45) is 0 Å². The van der Waals surface area contributed by atoms with Crippen molar-refractivity contribution in [3.63, 3.8) is 0 Å². The molecule has 8 nitrogen and oxygen atoms in total. The van der Waals surface area contributed by atoms with E-state index in [1.807, 2.05) is 6.07 Å². The first-order valence-electron chi connectivity index (χ1n) is 6.64. The monoisotopic (exact) mass is 337 g/mol. The lowest BCUT2D eigenvalue weighted by Crippen LogP contribution is -2.34. The van der Waals surface area contributed by atoms with Crippen LogP contribution in [0.4, 0.5) is 17.1 Å². The molecule has 2 rings (SSSR count). The van der Waals surface area contributed by atoms with Crippen LogP contribution >= 0.6 is 0 Å². The Morgan fingerprint density at radius 3 is 2.22 bits per heavy atom. The highest BCUT2D eigenvalue weighted by molar-refractivity contribution is 7.85. The summed E-state index contributed by atoms with van der Waals surface area (Å²) in [5.74, 6) is -0.456. The molecule has 0 unspecified atom stereocenters. The Morgan fingerprint density at radius 2 is 1.70 bits per heavy atom. The van der Waals surface area contributed by atoms with E-state index in [-0.39, 0.29) is 12.2 Å². The molecular weight excluding hydrogens is 322 g/mol. The van der Waals surface area contributed by atoms with Gasteiger partial charge in [0.05, 0.1) is 28.6 Å². The number of hydrogen-bond donors (Lipinski definition) is 2. The lowest BCUT2D eigenvalue weighted by atomic mass is 10.3. The van der Waals surface area contributed by atoms with E-state index in [2.05, 4.69) is 5.43 Å². The van der Waals surface area contributed by atoms with Gasteiger partial charge in [-0.05, 0) is 24.3 Å². The van der Waals surface area contributed by atoms with Gasteiger partial charge in [-0.3, -0.25) is 25.1 Å². The van der Waals surface area contributed by atoms with Gasteiger partial charge in [-0.15, -0.1) is 0 Å². The molecule has 0 aliphatic heterocycles. The summed E-state index contributed by atoms with van der Waals surface area (Å²) in [7, 11) is -4.11. The van der Waals surface area contributed by atoms with Gasteiger partial charge in [-0.25, -0.2) is 0 Å². The number of non-ortho nitro benzene ring substituents is 1. The van der Waals surface area contributed by atoms with Gasteiger partial charge in [0.1, 0.15) is 0 Å². The highest BCUT2D eigenvalue weighted by Gasteiger charge is 2.12. The second kappa shape index (κ2) is 7.07. The predicted molar refractivity (Wildman–Crippen MR) is 86.9 cm³/mol. The first-order valence-corrected chi connectivity index (χ1v) is 8.25. The lowest BCUT2D eigenvalue weighted by Gasteiger charge is -2.26. The molecule has 0 saturated heterocycles. The predicted octanol–water partition coefficient (Wildman–Crippen LogP) is 2.32. The van der Waals surface area contributed by atoms with E-state index >= 15 is 0 Å². The third-order valence-corrected chi connectivity index (χ3v) is 3.68. The molecule has 0 atom stereocenters. The Balaban J connectivity index is 2.18. The van der Waals surface area contributed by atoms with Crippen molar-refractivity contribution in [3.05, 3.63) is 64.7 Å². The second-order valence-corrected chi connectivity index (χ2v) is 6.26. The zero-order valence-corrected chi connectivity index (χ0v) is 12.8. The van der Waals surface area contributed by atoms with Crippen molar-refractivity contribution < 1.29 is 17.9 Å². The minimum absolute atomic E-state index is 0.000164. The van der Waals surface area contributed by atoms with Gasteiger partial charge < -0.3 is 0 Å². The number of nitrogens with one attached hydrogen (secondary N) is 1. The van der Waals surface area contributed by atoms with Crippen molar-refractivity contribution >= 4 is 27.2 Å². The van der Waals surface area contributed by atoms with Crippen LogP contribution in [-0.4, -0.2) is 30.2 Å². The fourth-order valence-corrected chi connectivity index (χ4v) is 2.29. The Hall–Kier alpha value is -2.65. The fraction of sp³-hybridized carbons (Fsp3) is 0.143. The number of nitro groups is 1. The van der Waals surface area contributed by atoms with Gasteiger partial charge in [-0.1, -0.05) is 18.2 Å². The van der Waals surface area contributed by atoms with Crippen LogP contribution in [-0.2, 0) is 10.1 Å². The zero-order valence-electron chi connectivity index (χ0n) is 12.0. The number of nitrogens with zero attached hydrogens (tertiary/aromatic N) is 2. The molecule has 0 fully saturated rings. The molecule has 2 aromatic rings. The zero-order chi connectivity index (χ0) is 16.9. The van der Waals surface area contributed by atoms with Gasteiger partial charge in [0.15, 0.2) is 0 Å². The van der Waals surface area contributed by atoms with Crippen molar-refractivity contribution in [2.75, 3.05) is 22.7 Å². The lowest BCUT2D eigenvalue weighted by molar-refractivity contribution is -0.384. The molecule has 0 aliphatic rings. The van der Waals surface area contributed by atoms with Gasteiger partial charge >= 0.3 is 0 Å². The van der Waals surface area contributed by atoms with E-state index in [0.717, 1.165) is 0 Å². The van der Waals surface area contributed by atoms with E-state index in [1.54, 1.807) is 24.3 Å². The largest absolute Gasteiger partial charge is 0.298 e. The molecule has 0 spiro atoms. The summed E-state index contributed by atoms with van der Waals surface area (Å²) in [5.41, 5.74) is 4.17. The summed E-state index contributed by atoms with van der Waals surface area (Å²) in [5, 5.41) is 12.2. The van der Waals surface area contributed by atoms with E-state index < -0.39 is 20.8 Å². The van der Waals surface area contributed by atoms with Crippen LogP contribution in [0.3, 0.4) is 0 Å². The van der Waals surface area contributed by atoms with Gasteiger partial charge in [0.25, 0.3) is 15.8 Å². The SMILES string of the molecule is O=[N+]([O-])c1ccc(NN(CCS(=O)(=O)O)c2ccccc2)cc1. The molecule has 122 valence electrons. The van der Waals surface area contributed by atoms with Gasteiger partial charge in [0, 0.05) is 12.1 Å². The highest BCUT2D eigenvalue weighted by atomic mass is 32.2. The van der Waals surface area contributed by atoms with Crippen molar-refractivity contribution in [3.8, 4) is 0 Å². The molecule has 0 heterocycles. The average Bonchev–Trinajstić information content (AvgIpc) is 2.52. The standard InChI is InChI=1S/C14H15N3O5S/c18-17(19)14-8-6-12(7-9-14)15-16(10-11-23(20,21)22)13-4-2-1-3-5-13/h1-9,15H,10-11H2,(H,20,21,22). The Bertz CT molecular complexity index is 763. The van der Waals surface area contributed by atoms with Crippen LogP contribution in [0.5, 0.6) is 0 Å². The topological polar surface area (TPSA) is 113 Å². The molecule has 2 aromatic carbocycles. The van der Waals surface area contributed by atoms with Crippen LogP contribution in [0, 0.1) is 10.1 Å². The molecule has 0 aromatic heterocycles. The molecule has 2 N–H and O–H groups in total. The third-order valence-electron chi connectivity index (χ3n) is 2.98. The number of hydrazine groups is 1. The van der Waals surface area contributed by atoms with Gasteiger partial charge in [0.2, 0.25) is 0 Å². The number of para-hydroxylation sites is 1. The molecule has 0 amide bonds. The highest BCUT2D eigenvalue weighted by Crippen LogP contribution is 2.19. The minimum Gasteiger partial charge on any atom is -0.298 e. The number of nitro benzene ring substituents is 1. The number of hydrogen-bond acceptors (Lipinski definition) is 6. The number of anilines is 2. The molecule has 0 radical (unpaired) electrons. The quantitative estimate of drug-likeness (QED) is 0.453. The van der Waals surface area contributed by atoms with Crippen LogP contribution in [0.15, 0.2) is 54.6 Å². The first kappa shape index (κ1) is 16.7. The van der Waals surface area contributed by atoms with Crippen molar-refractivity contribution in [2.45, 2.75) is 0 Å². The van der Waals surface area contributed by atoms with E-state index in [4.69, 9.17) is 4.55 Å². The smallest absolute Gasteiger partial charge is 0.269 e. The summed E-state index contributed by atoms with van der Waals surface area (Å²) in [6.07, 6.45) is 0. The molecular formula is C14H15N3O5S. The summed E-state index contributed by atoms with van der Waals surface area (Å²) < 4.78 is 30.9. The van der Waals surface area contributed by atoms with Crippen molar-refractivity contribution in [1.82, 2.24) is 0 Å². The summed E-state index contributed by atoms with van der Waals surface area (Å²) in [4.78, 5) is 10.1. The number of rotatable bonds is 7. The Morgan fingerprint density at radius 1 is 1.09 bits per heavy atom. The second-order valence-electron chi connectivity index (χ2n) is 4.69. The molecule has 9 heteroatoms. The third kappa shape index (κ3) is 5.24. The normalized spacial score (nSPS) is 11.0. The maximum absolute atomic E-state index is 11.0. The van der Waals surface area contributed by atoms with Crippen LogP contribution in [0.25, 0.3) is 0 Å². The van der Waals surface area contributed by atoms with Crippen LogP contribution in [0.2, 0.25) is 0 Å². The Labute approximate surface area is 133 Å². The maximum Gasteiger partial charge on any atom is 0.269 e. The van der Waals surface area contributed by atoms with Crippen molar-refractivity contribution in [1.29, 1.82) is 0 Å². The van der Waals surface area contributed by atoms with E-state index in [0.29, 0.717) is 11.4 Å². The fourth-order valence-electron chi connectivity index (χ4n) is 1.88. The maximum atomic E-state index is 11.0.